The molecule has 0 aromatic carbocycles. The molecule has 0 aliphatic heterocycles. The maximum Gasteiger partial charge on any atom is 0.256 e. The number of nitrogens with zero attached hydrogens (tertiary/aromatic N) is 6. The molecular formula is C10H13ClN6. The van der Waals surface area contributed by atoms with Crippen LogP contribution in [0.25, 0.3) is 5.95 Å². The van der Waals surface area contributed by atoms with Gasteiger partial charge in [-0.1, -0.05) is 0 Å². The largest absolute Gasteiger partial charge is 0.341 e. The van der Waals surface area contributed by atoms with Crippen molar-refractivity contribution in [1.82, 2.24) is 24.7 Å². The van der Waals surface area contributed by atoms with Crippen molar-refractivity contribution in [1.29, 1.82) is 0 Å². The number of hydrogen-bond acceptors (Lipinski definition) is 5. The number of aromatic nitrogens is 5. The molecule has 0 spiro atoms. The standard InChI is InChI=1S/C10H13ClN6/c1-3-16(4-2)9-13-8(11)14-10(15-9)17-7-5-6-12-17/h5-7H,3-4H2,1-2H3. The first-order valence-electron chi connectivity index (χ1n) is 5.41. The number of anilines is 1. The summed E-state index contributed by atoms with van der Waals surface area (Å²) in [6, 6.07) is 1.80. The second-order valence-corrected chi connectivity index (χ2v) is 3.67. The van der Waals surface area contributed by atoms with Gasteiger partial charge in [0.05, 0.1) is 0 Å². The van der Waals surface area contributed by atoms with Crippen molar-refractivity contribution >= 4 is 17.5 Å². The van der Waals surface area contributed by atoms with E-state index < -0.39 is 0 Å². The smallest absolute Gasteiger partial charge is 0.256 e. The highest BCUT2D eigenvalue weighted by atomic mass is 35.5. The predicted molar refractivity (Wildman–Crippen MR) is 65.5 cm³/mol. The maximum absolute atomic E-state index is 5.89. The van der Waals surface area contributed by atoms with E-state index in [0.717, 1.165) is 13.1 Å². The highest BCUT2D eigenvalue weighted by Crippen LogP contribution is 2.12. The van der Waals surface area contributed by atoms with Crippen LogP contribution in [0.2, 0.25) is 5.28 Å². The van der Waals surface area contributed by atoms with Gasteiger partial charge in [0.2, 0.25) is 11.2 Å². The summed E-state index contributed by atoms with van der Waals surface area (Å²) in [5, 5.41) is 4.24. The van der Waals surface area contributed by atoms with Gasteiger partial charge in [-0.3, -0.25) is 0 Å². The third kappa shape index (κ3) is 2.52. The summed E-state index contributed by atoms with van der Waals surface area (Å²) in [7, 11) is 0. The lowest BCUT2D eigenvalue weighted by molar-refractivity contribution is 0.761. The lowest BCUT2D eigenvalue weighted by Gasteiger charge is -2.18. The number of hydrogen-bond donors (Lipinski definition) is 0. The van der Waals surface area contributed by atoms with Gasteiger partial charge in [0.1, 0.15) is 0 Å². The molecule has 2 rings (SSSR count). The zero-order chi connectivity index (χ0) is 12.3. The molecule has 0 saturated carbocycles. The van der Waals surface area contributed by atoms with Crippen LogP contribution in [-0.4, -0.2) is 37.8 Å². The molecule has 17 heavy (non-hydrogen) atoms. The molecule has 6 nitrogen and oxygen atoms in total. The number of halogens is 1. The molecule has 7 heteroatoms. The Morgan fingerprint density at radius 3 is 2.59 bits per heavy atom. The Labute approximate surface area is 104 Å². The predicted octanol–water partition coefficient (Wildman–Crippen LogP) is 1.56. The van der Waals surface area contributed by atoms with E-state index in [1.165, 1.54) is 0 Å². The van der Waals surface area contributed by atoms with Crippen LogP contribution < -0.4 is 4.90 Å². The minimum atomic E-state index is 0.174. The third-order valence-corrected chi connectivity index (χ3v) is 2.51. The van der Waals surface area contributed by atoms with E-state index in [9.17, 15) is 0 Å². The SMILES string of the molecule is CCN(CC)c1nc(Cl)nc(-n2cccn2)n1. The summed E-state index contributed by atoms with van der Waals surface area (Å²) >= 11 is 5.89. The van der Waals surface area contributed by atoms with Crippen LogP contribution in [0.15, 0.2) is 18.5 Å². The van der Waals surface area contributed by atoms with Crippen LogP contribution in [0.5, 0.6) is 0 Å². The van der Waals surface area contributed by atoms with E-state index >= 15 is 0 Å². The monoisotopic (exact) mass is 252 g/mol. The fourth-order valence-corrected chi connectivity index (χ4v) is 1.62. The van der Waals surface area contributed by atoms with Gasteiger partial charge in [0.25, 0.3) is 5.95 Å². The Hall–Kier alpha value is -1.69. The summed E-state index contributed by atoms with van der Waals surface area (Å²) < 4.78 is 1.56. The van der Waals surface area contributed by atoms with E-state index in [1.807, 2.05) is 18.7 Å². The van der Waals surface area contributed by atoms with Crippen LogP contribution in [-0.2, 0) is 0 Å². The highest BCUT2D eigenvalue weighted by molar-refractivity contribution is 6.28. The molecule has 0 atom stereocenters. The fraction of sp³-hybridized carbons (Fsp3) is 0.400. The second-order valence-electron chi connectivity index (χ2n) is 3.33. The van der Waals surface area contributed by atoms with Crippen molar-refractivity contribution < 1.29 is 0 Å². The molecule has 0 N–H and O–H groups in total. The topological polar surface area (TPSA) is 59.7 Å². The van der Waals surface area contributed by atoms with Gasteiger partial charge >= 0.3 is 0 Å². The lowest BCUT2D eigenvalue weighted by atomic mass is 10.5. The Kier molecular flexibility index (Phi) is 3.53. The Morgan fingerprint density at radius 1 is 1.24 bits per heavy atom. The summed E-state index contributed by atoms with van der Waals surface area (Å²) in [5.41, 5.74) is 0. The second kappa shape index (κ2) is 5.09. The molecule has 0 unspecified atom stereocenters. The molecule has 0 bridgehead atoms. The molecule has 0 radical (unpaired) electrons. The first-order valence-corrected chi connectivity index (χ1v) is 5.79. The van der Waals surface area contributed by atoms with Crippen LogP contribution in [0.3, 0.4) is 0 Å². The van der Waals surface area contributed by atoms with E-state index in [4.69, 9.17) is 11.6 Å². The minimum Gasteiger partial charge on any atom is -0.341 e. The van der Waals surface area contributed by atoms with Crippen LogP contribution >= 0.6 is 11.6 Å². The molecule has 2 heterocycles. The summed E-state index contributed by atoms with van der Waals surface area (Å²) in [6.07, 6.45) is 3.42. The van der Waals surface area contributed by atoms with Crippen molar-refractivity contribution in [2.75, 3.05) is 18.0 Å². The van der Waals surface area contributed by atoms with Crippen LogP contribution in [0, 0.1) is 0 Å². The average Bonchev–Trinajstić information content (AvgIpc) is 2.83. The van der Waals surface area contributed by atoms with E-state index in [1.54, 1.807) is 23.1 Å². The molecule has 0 fully saturated rings. The average molecular weight is 253 g/mol. The van der Waals surface area contributed by atoms with Crippen LogP contribution in [0.1, 0.15) is 13.8 Å². The first kappa shape index (κ1) is 11.8. The molecule has 0 amide bonds. The quantitative estimate of drug-likeness (QED) is 0.826. The van der Waals surface area contributed by atoms with Crippen molar-refractivity contribution in [3.8, 4) is 5.95 Å². The minimum absolute atomic E-state index is 0.174. The molecule has 2 aromatic rings. The van der Waals surface area contributed by atoms with Crippen molar-refractivity contribution in [2.24, 2.45) is 0 Å². The van der Waals surface area contributed by atoms with Gasteiger partial charge in [0, 0.05) is 25.5 Å². The van der Waals surface area contributed by atoms with E-state index in [0.29, 0.717) is 11.9 Å². The van der Waals surface area contributed by atoms with Crippen molar-refractivity contribution in [3.05, 3.63) is 23.7 Å². The normalized spacial score (nSPS) is 10.5. The maximum atomic E-state index is 5.89. The zero-order valence-electron chi connectivity index (χ0n) is 9.71. The third-order valence-electron chi connectivity index (χ3n) is 2.34. The fourth-order valence-electron chi connectivity index (χ4n) is 1.47. The Bertz CT molecular complexity index is 480. The summed E-state index contributed by atoms with van der Waals surface area (Å²) in [6.45, 7) is 5.70. The van der Waals surface area contributed by atoms with Gasteiger partial charge in [-0.2, -0.15) is 20.1 Å². The highest BCUT2D eigenvalue weighted by Gasteiger charge is 2.11. The molecule has 90 valence electrons. The molecule has 0 saturated heterocycles. The van der Waals surface area contributed by atoms with Gasteiger partial charge < -0.3 is 4.90 Å². The number of rotatable bonds is 4. The first-order chi connectivity index (χ1) is 8.24. The molecule has 2 aromatic heterocycles. The summed E-state index contributed by atoms with van der Waals surface area (Å²) in [4.78, 5) is 14.5. The lowest BCUT2D eigenvalue weighted by Crippen LogP contribution is -2.25. The Balaban J connectivity index is 2.42. The van der Waals surface area contributed by atoms with Crippen molar-refractivity contribution in [3.63, 3.8) is 0 Å². The molecule has 0 aliphatic carbocycles. The zero-order valence-corrected chi connectivity index (χ0v) is 10.5. The van der Waals surface area contributed by atoms with E-state index in [2.05, 4.69) is 20.1 Å². The molecule has 0 aliphatic rings. The van der Waals surface area contributed by atoms with Crippen LogP contribution in [0.4, 0.5) is 5.95 Å². The van der Waals surface area contributed by atoms with Crippen molar-refractivity contribution in [2.45, 2.75) is 13.8 Å². The van der Waals surface area contributed by atoms with Gasteiger partial charge in [0.15, 0.2) is 0 Å². The Morgan fingerprint density at radius 2 is 2.00 bits per heavy atom. The summed E-state index contributed by atoms with van der Waals surface area (Å²) in [5.74, 6) is 0.998. The van der Waals surface area contributed by atoms with Gasteiger partial charge in [-0.05, 0) is 31.5 Å². The van der Waals surface area contributed by atoms with Gasteiger partial charge in [-0.25, -0.2) is 4.68 Å². The van der Waals surface area contributed by atoms with E-state index in [-0.39, 0.29) is 5.28 Å². The van der Waals surface area contributed by atoms with Gasteiger partial charge in [-0.15, -0.1) is 0 Å². The molecular weight excluding hydrogens is 240 g/mol.